The topological polar surface area (TPSA) is 47.6 Å². The highest BCUT2D eigenvalue weighted by molar-refractivity contribution is 6.10. The predicted molar refractivity (Wildman–Crippen MR) is 264 cm³/mol. The Morgan fingerprint density at radius 2 is 0.754 bits per heavy atom. The molecule has 0 saturated heterocycles. The van der Waals surface area contributed by atoms with Gasteiger partial charge in [0.2, 0.25) is 0 Å². The molecule has 0 amide bonds. The lowest BCUT2D eigenvalue weighted by Crippen LogP contribution is -2.26. The van der Waals surface area contributed by atoms with E-state index in [0.29, 0.717) is 0 Å². The van der Waals surface area contributed by atoms with Crippen molar-refractivity contribution >= 4 is 21.5 Å². The van der Waals surface area contributed by atoms with Crippen molar-refractivity contribution in [3.05, 3.63) is 119 Å². The van der Waals surface area contributed by atoms with E-state index in [9.17, 15) is 10.5 Å². The molecule has 0 fully saturated rings. The van der Waals surface area contributed by atoms with E-state index in [1.807, 2.05) is 27.7 Å². The number of fused-ring (bicyclic) bond motifs is 6. The van der Waals surface area contributed by atoms with Gasteiger partial charge in [-0.3, -0.25) is 0 Å². The van der Waals surface area contributed by atoms with Crippen LogP contribution in [0.1, 0.15) is 192 Å². The largest absolute Gasteiger partial charge is 0.198 e. The lowest BCUT2D eigenvalue weighted by Gasteiger charge is -2.33. The molecule has 0 unspecified atom stereocenters. The first-order chi connectivity index (χ1) is 29.6. The lowest BCUT2D eigenvalue weighted by atomic mass is 9.70. The summed E-state index contributed by atoms with van der Waals surface area (Å²) in [5.41, 5.74) is 8.54. The van der Waals surface area contributed by atoms with Crippen molar-refractivity contribution in [1.82, 2.24) is 0 Å². The molecule has 0 N–H and O–H groups in total. The van der Waals surface area contributed by atoms with Crippen LogP contribution < -0.4 is 0 Å². The molecule has 1 aliphatic rings. The van der Waals surface area contributed by atoms with Crippen LogP contribution in [0.3, 0.4) is 0 Å². The molecular weight excluding hydrogens is 737 g/mol. The minimum Gasteiger partial charge on any atom is -0.198 e. The van der Waals surface area contributed by atoms with Gasteiger partial charge in [-0.1, -0.05) is 201 Å². The molecule has 0 atom stereocenters. The standard InChI is InChI=1S/C30H42.C29H36N2/c1-3-5-7-9-11-13-19-25-26(20-14-12-10-8-6-4-2)28-22-16-18-24-30(28)29-23-17-15-21-27(25)29;1-27(2,21-30)17-9-11-19-29(20-12-10-18-28(3,4)22-31)25-15-7-5-13-23(25)24-14-6-8-16-26(24)29/h15-18,21-24H,3-14,19-20H2,1-2H3;5-8,13-16H,9-12,17-20H2,1-4H3. The molecule has 0 saturated carbocycles. The fourth-order valence-corrected chi connectivity index (χ4v) is 10.2. The molecule has 1 aliphatic carbocycles. The Kier molecular flexibility index (Phi) is 18.5. The molecule has 0 heterocycles. The second-order valence-corrected chi connectivity index (χ2v) is 19.7. The first-order valence-corrected chi connectivity index (χ1v) is 24.5. The Labute approximate surface area is 372 Å². The Morgan fingerprint density at radius 1 is 0.410 bits per heavy atom. The average molecular weight is 815 g/mol. The number of aryl methyl sites for hydroxylation is 2. The molecule has 2 heteroatoms. The van der Waals surface area contributed by atoms with E-state index >= 15 is 0 Å². The van der Waals surface area contributed by atoms with Crippen molar-refractivity contribution in [3.8, 4) is 23.3 Å². The summed E-state index contributed by atoms with van der Waals surface area (Å²) >= 11 is 0. The summed E-state index contributed by atoms with van der Waals surface area (Å²) in [6.45, 7) is 12.8. The van der Waals surface area contributed by atoms with Gasteiger partial charge in [-0.25, -0.2) is 0 Å². The number of unbranched alkanes of at least 4 members (excludes halogenated alkanes) is 12. The van der Waals surface area contributed by atoms with Gasteiger partial charge < -0.3 is 0 Å². The molecule has 5 aromatic carbocycles. The normalized spacial score (nSPS) is 13.0. The lowest BCUT2D eigenvalue weighted by molar-refractivity contribution is 0.358. The summed E-state index contributed by atoms with van der Waals surface area (Å²) in [5.74, 6) is 0. The summed E-state index contributed by atoms with van der Waals surface area (Å²) in [7, 11) is 0. The van der Waals surface area contributed by atoms with E-state index in [2.05, 4.69) is 123 Å². The number of nitrogens with zero attached hydrogens (tertiary/aromatic N) is 2. The van der Waals surface area contributed by atoms with Gasteiger partial charge in [0.1, 0.15) is 0 Å². The van der Waals surface area contributed by atoms with Gasteiger partial charge in [-0.2, -0.15) is 10.5 Å². The van der Waals surface area contributed by atoms with Crippen molar-refractivity contribution in [2.45, 2.75) is 188 Å². The number of rotatable bonds is 24. The van der Waals surface area contributed by atoms with Gasteiger partial charge in [0.05, 0.1) is 23.0 Å². The van der Waals surface area contributed by atoms with Crippen molar-refractivity contribution in [1.29, 1.82) is 10.5 Å². The summed E-state index contributed by atoms with van der Waals surface area (Å²) < 4.78 is 0. The van der Waals surface area contributed by atoms with Crippen molar-refractivity contribution in [2.24, 2.45) is 10.8 Å². The van der Waals surface area contributed by atoms with Crippen LogP contribution in [-0.2, 0) is 18.3 Å². The molecule has 324 valence electrons. The fraction of sp³-hybridized carbons (Fsp3) is 0.525. The molecule has 6 rings (SSSR count). The highest BCUT2D eigenvalue weighted by atomic mass is 14.4. The quantitative estimate of drug-likeness (QED) is 0.0460. The van der Waals surface area contributed by atoms with E-state index in [-0.39, 0.29) is 16.2 Å². The third kappa shape index (κ3) is 12.8. The third-order valence-electron chi connectivity index (χ3n) is 13.8. The first-order valence-electron chi connectivity index (χ1n) is 24.5. The molecular formula is C59H78N2. The van der Waals surface area contributed by atoms with Crippen LogP contribution in [0.2, 0.25) is 0 Å². The maximum atomic E-state index is 9.37. The Bertz CT molecular complexity index is 2030. The smallest absolute Gasteiger partial charge is 0.0683 e. The van der Waals surface area contributed by atoms with E-state index in [1.54, 1.807) is 11.1 Å². The van der Waals surface area contributed by atoms with Gasteiger partial charge in [0.15, 0.2) is 0 Å². The molecule has 0 aliphatic heterocycles. The molecule has 0 aromatic heterocycles. The maximum Gasteiger partial charge on any atom is 0.0683 e. The molecule has 61 heavy (non-hydrogen) atoms. The number of hydrogen-bond donors (Lipinski definition) is 0. The van der Waals surface area contributed by atoms with Crippen molar-refractivity contribution in [3.63, 3.8) is 0 Å². The monoisotopic (exact) mass is 815 g/mol. The maximum absolute atomic E-state index is 9.37. The van der Waals surface area contributed by atoms with Crippen LogP contribution in [0, 0.1) is 33.5 Å². The van der Waals surface area contributed by atoms with Crippen LogP contribution in [0.5, 0.6) is 0 Å². The zero-order valence-corrected chi connectivity index (χ0v) is 39.2. The van der Waals surface area contributed by atoms with E-state index in [0.717, 1.165) is 51.4 Å². The Morgan fingerprint density at radius 3 is 1.15 bits per heavy atom. The summed E-state index contributed by atoms with van der Waals surface area (Å²) in [5, 5.41) is 24.6. The zero-order valence-electron chi connectivity index (χ0n) is 39.2. The van der Waals surface area contributed by atoms with Gasteiger partial charge in [0, 0.05) is 5.41 Å². The van der Waals surface area contributed by atoms with E-state index in [4.69, 9.17) is 0 Å². The molecule has 0 bridgehead atoms. The Balaban J connectivity index is 0.000000231. The third-order valence-corrected chi connectivity index (χ3v) is 13.8. The second kappa shape index (κ2) is 23.7. The first kappa shape index (κ1) is 47.6. The minimum absolute atomic E-state index is 0.0424. The predicted octanol–water partition coefficient (Wildman–Crippen LogP) is 18.0. The van der Waals surface area contributed by atoms with Crippen LogP contribution in [-0.4, -0.2) is 0 Å². The zero-order chi connectivity index (χ0) is 43.6. The molecule has 0 radical (unpaired) electrons. The summed E-state index contributed by atoms with van der Waals surface area (Å²) in [4.78, 5) is 0. The van der Waals surface area contributed by atoms with Crippen LogP contribution in [0.25, 0.3) is 32.7 Å². The molecule has 2 nitrogen and oxygen atoms in total. The van der Waals surface area contributed by atoms with Gasteiger partial charge in [0.25, 0.3) is 0 Å². The molecule has 5 aromatic rings. The SMILES string of the molecule is CC(C)(C#N)CCCCC1(CCCCC(C)(C)C#N)c2ccccc2-c2ccccc21.CCCCCCCCc1c(CCCCCCCC)c2ccccc2c2ccccc12. The summed E-state index contributed by atoms with van der Waals surface area (Å²) in [6, 6.07) is 41.0. The second-order valence-electron chi connectivity index (χ2n) is 19.7. The highest BCUT2D eigenvalue weighted by Gasteiger charge is 2.42. The van der Waals surface area contributed by atoms with E-state index < -0.39 is 0 Å². The number of benzene rings is 5. The van der Waals surface area contributed by atoms with Gasteiger partial charge in [-0.15, -0.1) is 0 Å². The Hall–Kier alpha value is -4.40. The number of hydrogen-bond acceptors (Lipinski definition) is 2. The van der Waals surface area contributed by atoms with Crippen LogP contribution >= 0.6 is 0 Å². The van der Waals surface area contributed by atoms with Gasteiger partial charge in [-0.05, 0) is 134 Å². The fourth-order valence-electron chi connectivity index (χ4n) is 10.2. The van der Waals surface area contributed by atoms with Gasteiger partial charge >= 0.3 is 0 Å². The van der Waals surface area contributed by atoms with Crippen LogP contribution in [0.15, 0.2) is 97.1 Å². The molecule has 0 spiro atoms. The van der Waals surface area contributed by atoms with E-state index in [1.165, 1.54) is 134 Å². The highest BCUT2D eigenvalue weighted by Crippen LogP contribution is 2.54. The van der Waals surface area contributed by atoms with Crippen LogP contribution in [0.4, 0.5) is 0 Å². The minimum atomic E-state index is -0.248. The number of nitriles is 2. The summed E-state index contributed by atoms with van der Waals surface area (Å²) in [6.07, 6.45) is 27.4. The van der Waals surface area contributed by atoms with Crippen molar-refractivity contribution < 1.29 is 0 Å². The van der Waals surface area contributed by atoms with Crippen molar-refractivity contribution in [2.75, 3.05) is 0 Å². The average Bonchev–Trinajstić information content (AvgIpc) is 3.56.